The summed E-state index contributed by atoms with van der Waals surface area (Å²) in [6.07, 6.45) is 3.17. The second-order valence-electron chi connectivity index (χ2n) is 6.39. The second-order valence-corrected chi connectivity index (χ2v) is 6.39. The molecule has 3 heterocycles. The predicted octanol–water partition coefficient (Wildman–Crippen LogP) is 3.14. The summed E-state index contributed by atoms with van der Waals surface area (Å²) >= 11 is 0. The van der Waals surface area contributed by atoms with Gasteiger partial charge in [-0.15, -0.1) is 0 Å². The Hall–Kier alpha value is -2.15. The predicted molar refractivity (Wildman–Crippen MR) is 106 cm³/mol. The van der Waals surface area contributed by atoms with E-state index in [9.17, 15) is 0 Å². The van der Waals surface area contributed by atoms with E-state index in [4.69, 9.17) is 10.2 Å². The Kier molecular flexibility index (Phi) is 7.38. The summed E-state index contributed by atoms with van der Waals surface area (Å²) in [5.41, 5.74) is 7.59. The largest absolute Gasteiger partial charge is 0.440 e. The number of nitrogens with zero attached hydrogens (tertiary/aromatic N) is 5. The van der Waals surface area contributed by atoms with Crippen LogP contribution in [0.5, 0.6) is 0 Å². The second kappa shape index (κ2) is 9.52. The lowest BCUT2D eigenvalue weighted by Crippen LogP contribution is -2.44. The number of aromatic nitrogens is 3. The van der Waals surface area contributed by atoms with Gasteiger partial charge in [0.2, 0.25) is 11.8 Å². The first-order valence-electron chi connectivity index (χ1n) is 9.61. The fourth-order valence-electron chi connectivity index (χ4n) is 2.87. The third-order valence-corrected chi connectivity index (χ3v) is 4.44. The molecule has 0 atom stereocenters. The molecule has 0 bridgehead atoms. The minimum atomic E-state index is 0.257. The van der Waals surface area contributed by atoms with Crippen molar-refractivity contribution in [3.63, 3.8) is 0 Å². The standard InChI is InChI=1S/C17H26N6O.C2H6/c1-4-5-6-13-12(2)24-16(19-13)14-11-15(21-17(18)20-14)23-9-7-22(3)8-10-23;1-2/h11H,4-10H2,1-3H3,(H2,18,20,21);1-2H3. The Labute approximate surface area is 156 Å². The highest BCUT2D eigenvalue weighted by Crippen LogP contribution is 2.25. The number of aryl methyl sites for hydroxylation is 2. The molecule has 0 aromatic carbocycles. The number of nitrogen functional groups attached to an aromatic ring is 1. The SMILES string of the molecule is CC.CCCCc1nc(-c2cc(N3CCN(C)CC3)nc(N)n2)oc1C. The van der Waals surface area contributed by atoms with Crippen LogP contribution in [0.4, 0.5) is 11.8 Å². The number of hydrogen-bond donors (Lipinski definition) is 1. The minimum Gasteiger partial charge on any atom is -0.440 e. The molecule has 7 heteroatoms. The normalized spacial score (nSPS) is 14.9. The Morgan fingerprint density at radius 2 is 1.81 bits per heavy atom. The van der Waals surface area contributed by atoms with Gasteiger partial charge in [0.25, 0.3) is 0 Å². The maximum absolute atomic E-state index is 5.93. The molecular weight excluding hydrogens is 328 g/mol. The van der Waals surface area contributed by atoms with Gasteiger partial charge in [-0.3, -0.25) is 0 Å². The number of likely N-dealkylation sites (N-methyl/N-ethyl adjacent to an activating group) is 1. The molecule has 0 saturated carbocycles. The minimum absolute atomic E-state index is 0.257. The van der Waals surface area contributed by atoms with Gasteiger partial charge in [0.05, 0.1) is 5.69 Å². The maximum Gasteiger partial charge on any atom is 0.245 e. The quantitative estimate of drug-likeness (QED) is 0.876. The number of rotatable bonds is 5. The molecule has 26 heavy (non-hydrogen) atoms. The van der Waals surface area contributed by atoms with E-state index in [0.717, 1.165) is 62.7 Å². The fraction of sp³-hybridized carbons (Fsp3) is 0.632. The van der Waals surface area contributed by atoms with E-state index in [-0.39, 0.29) is 5.95 Å². The molecule has 0 unspecified atom stereocenters. The molecule has 0 amide bonds. The van der Waals surface area contributed by atoms with Crippen molar-refractivity contribution in [1.82, 2.24) is 19.9 Å². The summed E-state index contributed by atoms with van der Waals surface area (Å²) in [4.78, 5) is 17.9. The Balaban J connectivity index is 0.00000117. The first-order chi connectivity index (χ1) is 12.6. The van der Waals surface area contributed by atoms with Crippen LogP contribution in [0.15, 0.2) is 10.5 Å². The third-order valence-electron chi connectivity index (χ3n) is 4.44. The number of piperazine rings is 1. The highest BCUT2D eigenvalue weighted by atomic mass is 16.4. The summed E-state index contributed by atoms with van der Waals surface area (Å²) in [7, 11) is 2.13. The molecule has 0 radical (unpaired) electrons. The molecule has 144 valence electrons. The molecule has 2 aromatic heterocycles. The van der Waals surface area contributed by atoms with E-state index in [1.54, 1.807) is 0 Å². The van der Waals surface area contributed by atoms with Gasteiger partial charge in [-0.1, -0.05) is 27.2 Å². The highest BCUT2D eigenvalue weighted by Gasteiger charge is 2.19. The van der Waals surface area contributed by atoms with Crippen LogP contribution in [-0.2, 0) is 6.42 Å². The van der Waals surface area contributed by atoms with Crippen molar-refractivity contribution in [2.45, 2.75) is 47.0 Å². The van der Waals surface area contributed by atoms with Crippen molar-refractivity contribution >= 4 is 11.8 Å². The van der Waals surface area contributed by atoms with Gasteiger partial charge >= 0.3 is 0 Å². The first-order valence-corrected chi connectivity index (χ1v) is 9.61. The molecular formula is C19H32N6O. The van der Waals surface area contributed by atoms with Gasteiger partial charge in [0.1, 0.15) is 17.3 Å². The number of anilines is 2. The van der Waals surface area contributed by atoms with Gasteiger partial charge in [-0.2, -0.15) is 4.98 Å². The maximum atomic E-state index is 5.93. The van der Waals surface area contributed by atoms with Crippen molar-refractivity contribution in [3.8, 4) is 11.6 Å². The van der Waals surface area contributed by atoms with Crippen molar-refractivity contribution in [2.24, 2.45) is 0 Å². The van der Waals surface area contributed by atoms with Crippen LogP contribution in [0, 0.1) is 6.92 Å². The van der Waals surface area contributed by atoms with Crippen molar-refractivity contribution in [1.29, 1.82) is 0 Å². The highest BCUT2D eigenvalue weighted by molar-refractivity contribution is 5.58. The molecule has 7 nitrogen and oxygen atoms in total. The molecule has 2 N–H and O–H groups in total. The van der Waals surface area contributed by atoms with Crippen LogP contribution in [0.25, 0.3) is 11.6 Å². The zero-order valence-corrected chi connectivity index (χ0v) is 16.7. The molecule has 1 aliphatic heterocycles. The molecule has 3 rings (SSSR count). The van der Waals surface area contributed by atoms with E-state index in [0.29, 0.717) is 11.6 Å². The summed E-state index contributed by atoms with van der Waals surface area (Å²) < 4.78 is 5.83. The van der Waals surface area contributed by atoms with Crippen LogP contribution in [0.3, 0.4) is 0 Å². The van der Waals surface area contributed by atoms with Crippen LogP contribution < -0.4 is 10.6 Å². The van der Waals surface area contributed by atoms with E-state index >= 15 is 0 Å². The Morgan fingerprint density at radius 3 is 2.46 bits per heavy atom. The van der Waals surface area contributed by atoms with Gasteiger partial charge in [0, 0.05) is 32.2 Å². The fourth-order valence-corrected chi connectivity index (χ4v) is 2.87. The van der Waals surface area contributed by atoms with Gasteiger partial charge in [0.15, 0.2) is 0 Å². The van der Waals surface area contributed by atoms with E-state index in [1.807, 2.05) is 26.8 Å². The summed E-state index contributed by atoms with van der Waals surface area (Å²) in [5, 5.41) is 0. The molecule has 0 spiro atoms. The lowest BCUT2D eigenvalue weighted by Gasteiger charge is -2.33. The molecule has 2 aromatic rings. The summed E-state index contributed by atoms with van der Waals surface area (Å²) in [5.74, 6) is 2.49. The number of oxazole rings is 1. The number of nitrogens with two attached hydrogens (primary N) is 1. The summed E-state index contributed by atoms with van der Waals surface area (Å²) in [6.45, 7) is 12.0. The molecule has 1 saturated heterocycles. The zero-order chi connectivity index (χ0) is 19.1. The van der Waals surface area contributed by atoms with E-state index in [2.05, 4.69) is 38.7 Å². The number of hydrogen-bond acceptors (Lipinski definition) is 7. The molecule has 0 aliphatic carbocycles. The van der Waals surface area contributed by atoms with Crippen molar-refractivity contribution in [3.05, 3.63) is 17.5 Å². The molecule has 1 fully saturated rings. The zero-order valence-electron chi connectivity index (χ0n) is 16.7. The van der Waals surface area contributed by atoms with Gasteiger partial charge in [-0.25, -0.2) is 9.97 Å². The Morgan fingerprint density at radius 1 is 1.12 bits per heavy atom. The van der Waals surface area contributed by atoms with Crippen molar-refractivity contribution < 1.29 is 4.42 Å². The van der Waals surface area contributed by atoms with Gasteiger partial charge < -0.3 is 20.0 Å². The third kappa shape index (κ3) is 4.94. The van der Waals surface area contributed by atoms with Crippen LogP contribution >= 0.6 is 0 Å². The lowest BCUT2D eigenvalue weighted by atomic mass is 10.2. The van der Waals surface area contributed by atoms with Gasteiger partial charge in [-0.05, 0) is 26.8 Å². The average Bonchev–Trinajstić information content (AvgIpc) is 3.02. The van der Waals surface area contributed by atoms with E-state index < -0.39 is 0 Å². The lowest BCUT2D eigenvalue weighted by molar-refractivity contribution is 0.312. The topological polar surface area (TPSA) is 84.3 Å². The van der Waals surface area contributed by atoms with E-state index in [1.165, 1.54) is 0 Å². The molecule has 1 aliphatic rings. The monoisotopic (exact) mass is 360 g/mol. The van der Waals surface area contributed by atoms with Crippen LogP contribution in [-0.4, -0.2) is 53.1 Å². The van der Waals surface area contributed by atoms with Crippen LogP contribution in [0.2, 0.25) is 0 Å². The van der Waals surface area contributed by atoms with Crippen LogP contribution in [0.1, 0.15) is 45.1 Å². The summed E-state index contributed by atoms with van der Waals surface area (Å²) in [6, 6.07) is 1.93. The first kappa shape index (κ1) is 20.2. The Bertz CT molecular complexity index is 691. The van der Waals surface area contributed by atoms with Crippen molar-refractivity contribution in [2.75, 3.05) is 43.9 Å². The smallest absolute Gasteiger partial charge is 0.245 e. The average molecular weight is 361 g/mol. The number of unbranched alkanes of at least 4 members (excludes halogenated alkanes) is 1.